The third-order valence-electron chi connectivity index (χ3n) is 2.10. The lowest BCUT2D eigenvalue weighted by molar-refractivity contribution is -0.389. The Bertz CT molecular complexity index is 403. The van der Waals surface area contributed by atoms with Gasteiger partial charge in [0.2, 0.25) is 5.91 Å². The fraction of sp³-hybridized carbons (Fsp3) is 0.400. The summed E-state index contributed by atoms with van der Waals surface area (Å²) < 4.78 is 0. The van der Waals surface area contributed by atoms with E-state index in [2.05, 4.69) is 10.3 Å². The molecule has 0 saturated heterocycles. The summed E-state index contributed by atoms with van der Waals surface area (Å²) in [5.74, 6) is -0.174. The molecule has 1 amide bonds. The predicted octanol–water partition coefficient (Wildman–Crippen LogP) is 0.880. The van der Waals surface area contributed by atoms with Crippen LogP contribution < -0.4 is 5.32 Å². The van der Waals surface area contributed by atoms with Gasteiger partial charge >= 0.3 is 5.82 Å². The fourth-order valence-corrected chi connectivity index (χ4v) is 1.14. The minimum absolute atomic E-state index is 0.0207. The molecule has 0 spiro atoms. The Hall–Kier alpha value is -2.18. The molecule has 0 aliphatic carbocycles. The molecule has 0 unspecified atom stereocenters. The number of pyridine rings is 1. The van der Waals surface area contributed by atoms with Crippen LogP contribution in [0.2, 0.25) is 0 Å². The lowest BCUT2D eigenvalue weighted by atomic mass is 10.3. The molecule has 17 heavy (non-hydrogen) atoms. The minimum Gasteiger partial charge on any atom is -0.381 e. The normalized spacial score (nSPS) is 9.76. The summed E-state index contributed by atoms with van der Waals surface area (Å²) in [6.45, 7) is 0.469. The summed E-state index contributed by atoms with van der Waals surface area (Å²) >= 11 is 0. The molecule has 7 nitrogen and oxygen atoms in total. The molecule has 0 aliphatic heterocycles. The Labute approximate surface area is 98.6 Å². The standard InChI is InChI=1S/C10H14N4O3/c1-13(2)10(15)5-6-11-8-3-4-9(12-7-8)14(16)17/h3-4,7,11H,5-6H2,1-2H3. The molecule has 0 radical (unpaired) electrons. The number of carbonyl (C=O) groups excluding carboxylic acids is 1. The maximum Gasteiger partial charge on any atom is 0.363 e. The number of nitro groups is 1. The molecular formula is C10H14N4O3. The van der Waals surface area contributed by atoms with Gasteiger partial charge in [0.1, 0.15) is 0 Å². The zero-order chi connectivity index (χ0) is 12.8. The molecular weight excluding hydrogens is 224 g/mol. The van der Waals surface area contributed by atoms with Crippen molar-refractivity contribution in [2.45, 2.75) is 6.42 Å². The Morgan fingerprint density at radius 3 is 2.71 bits per heavy atom. The van der Waals surface area contributed by atoms with Gasteiger partial charge in [0, 0.05) is 33.1 Å². The van der Waals surface area contributed by atoms with E-state index in [0.29, 0.717) is 18.7 Å². The summed E-state index contributed by atoms with van der Waals surface area (Å²) in [6.07, 6.45) is 1.74. The first-order valence-corrected chi connectivity index (χ1v) is 5.05. The highest BCUT2D eigenvalue weighted by Gasteiger charge is 2.07. The van der Waals surface area contributed by atoms with Crippen LogP contribution in [0.15, 0.2) is 18.3 Å². The van der Waals surface area contributed by atoms with Gasteiger partial charge in [-0.05, 0) is 16.0 Å². The van der Waals surface area contributed by atoms with Gasteiger partial charge in [-0.15, -0.1) is 0 Å². The van der Waals surface area contributed by atoms with E-state index in [1.807, 2.05) is 0 Å². The van der Waals surface area contributed by atoms with Crippen LogP contribution in [-0.2, 0) is 4.79 Å². The SMILES string of the molecule is CN(C)C(=O)CCNc1ccc([N+](=O)[O-])nc1. The molecule has 1 heterocycles. The third-order valence-corrected chi connectivity index (χ3v) is 2.10. The molecule has 7 heteroatoms. The molecule has 0 fully saturated rings. The number of amides is 1. The molecule has 0 atom stereocenters. The number of nitrogens with zero attached hydrogens (tertiary/aromatic N) is 3. The van der Waals surface area contributed by atoms with E-state index in [1.54, 1.807) is 20.2 Å². The highest BCUT2D eigenvalue weighted by Crippen LogP contribution is 2.11. The summed E-state index contributed by atoms with van der Waals surface area (Å²) in [5, 5.41) is 13.3. The first-order valence-electron chi connectivity index (χ1n) is 5.05. The summed E-state index contributed by atoms with van der Waals surface area (Å²) in [6, 6.07) is 2.88. The number of rotatable bonds is 5. The molecule has 1 aromatic rings. The first-order chi connectivity index (χ1) is 8.00. The average molecular weight is 238 g/mol. The monoisotopic (exact) mass is 238 g/mol. The summed E-state index contributed by atoms with van der Waals surface area (Å²) in [5.41, 5.74) is 0.655. The van der Waals surface area contributed by atoms with Crippen LogP contribution in [0.3, 0.4) is 0 Å². The number of carbonyl (C=O) groups is 1. The summed E-state index contributed by atoms with van der Waals surface area (Å²) in [4.78, 5) is 26.2. The van der Waals surface area contributed by atoms with Crippen molar-refractivity contribution in [3.63, 3.8) is 0 Å². The number of hydrogen-bond donors (Lipinski definition) is 1. The van der Waals surface area contributed by atoms with Crippen LogP contribution in [0.4, 0.5) is 11.5 Å². The Kier molecular flexibility index (Phi) is 4.38. The van der Waals surface area contributed by atoms with E-state index in [0.717, 1.165) is 0 Å². The van der Waals surface area contributed by atoms with Gasteiger partial charge in [-0.2, -0.15) is 0 Å². The molecule has 92 valence electrons. The topological polar surface area (TPSA) is 88.4 Å². The van der Waals surface area contributed by atoms with E-state index in [4.69, 9.17) is 0 Å². The fourth-order valence-electron chi connectivity index (χ4n) is 1.14. The first kappa shape index (κ1) is 12.9. The number of hydrogen-bond acceptors (Lipinski definition) is 5. The Morgan fingerprint density at radius 2 is 2.24 bits per heavy atom. The van der Waals surface area contributed by atoms with E-state index >= 15 is 0 Å². The van der Waals surface area contributed by atoms with Gasteiger partial charge < -0.3 is 20.3 Å². The van der Waals surface area contributed by atoms with Crippen molar-refractivity contribution in [2.75, 3.05) is 26.0 Å². The maximum atomic E-state index is 11.3. The Morgan fingerprint density at radius 1 is 1.53 bits per heavy atom. The minimum atomic E-state index is -0.556. The van der Waals surface area contributed by atoms with Crippen LogP contribution in [0.1, 0.15) is 6.42 Å². The van der Waals surface area contributed by atoms with E-state index < -0.39 is 4.92 Å². The highest BCUT2D eigenvalue weighted by molar-refractivity contribution is 5.76. The second-order valence-corrected chi connectivity index (χ2v) is 3.63. The van der Waals surface area contributed by atoms with Crippen LogP contribution in [0.25, 0.3) is 0 Å². The molecule has 0 saturated carbocycles. The van der Waals surface area contributed by atoms with E-state index in [1.165, 1.54) is 17.2 Å². The largest absolute Gasteiger partial charge is 0.381 e. The molecule has 1 rings (SSSR count). The van der Waals surface area contributed by atoms with Gasteiger partial charge in [0.05, 0.1) is 5.69 Å². The van der Waals surface area contributed by atoms with Crippen LogP contribution >= 0.6 is 0 Å². The maximum absolute atomic E-state index is 11.3. The zero-order valence-electron chi connectivity index (χ0n) is 9.71. The average Bonchev–Trinajstić information content (AvgIpc) is 2.29. The summed E-state index contributed by atoms with van der Waals surface area (Å²) in [7, 11) is 3.38. The molecule has 1 aromatic heterocycles. The third kappa shape index (κ3) is 4.06. The predicted molar refractivity (Wildman–Crippen MR) is 62.7 cm³/mol. The van der Waals surface area contributed by atoms with Gasteiger partial charge in [0.15, 0.2) is 6.20 Å². The van der Waals surface area contributed by atoms with Crippen molar-refractivity contribution in [2.24, 2.45) is 0 Å². The van der Waals surface area contributed by atoms with Gasteiger partial charge in [0.25, 0.3) is 0 Å². The van der Waals surface area contributed by atoms with Gasteiger partial charge in [-0.1, -0.05) is 0 Å². The van der Waals surface area contributed by atoms with E-state index in [-0.39, 0.29) is 11.7 Å². The van der Waals surface area contributed by atoms with Crippen molar-refractivity contribution < 1.29 is 9.72 Å². The van der Waals surface area contributed by atoms with Crippen LogP contribution in [0.5, 0.6) is 0 Å². The lowest BCUT2D eigenvalue weighted by Crippen LogP contribution is -2.23. The van der Waals surface area contributed by atoms with Crippen molar-refractivity contribution >= 4 is 17.4 Å². The second-order valence-electron chi connectivity index (χ2n) is 3.63. The lowest BCUT2D eigenvalue weighted by Gasteiger charge is -2.10. The van der Waals surface area contributed by atoms with Crippen molar-refractivity contribution in [1.82, 2.24) is 9.88 Å². The number of aromatic nitrogens is 1. The van der Waals surface area contributed by atoms with Crippen molar-refractivity contribution in [3.8, 4) is 0 Å². The number of anilines is 1. The smallest absolute Gasteiger partial charge is 0.363 e. The number of nitrogens with one attached hydrogen (secondary N) is 1. The van der Waals surface area contributed by atoms with Gasteiger partial charge in [-0.25, -0.2) is 0 Å². The van der Waals surface area contributed by atoms with E-state index in [9.17, 15) is 14.9 Å². The molecule has 0 aromatic carbocycles. The van der Waals surface area contributed by atoms with Crippen molar-refractivity contribution in [1.29, 1.82) is 0 Å². The van der Waals surface area contributed by atoms with Crippen LogP contribution in [-0.4, -0.2) is 41.4 Å². The zero-order valence-corrected chi connectivity index (χ0v) is 9.71. The quantitative estimate of drug-likeness (QED) is 0.607. The molecule has 0 aliphatic rings. The molecule has 0 bridgehead atoms. The van der Waals surface area contributed by atoms with Gasteiger partial charge in [-0.3, -0.25) is 4.79 Å². The van der Waals surface area contributed by atoms with Crippen molar-refractivity contribution in [3.05, 3.63) is 28.4 Å². The Balaban J connectivity index is 2.42. The molecule has 1 N–H and O–H groups in total. The highest BCUT2D eigenvalue weighted by atomic mass is 16.6. The van der Waals surface area contributed by atoms with Crippen LogP contribution in [0, 0.1) is 10.1 Å². The second kappa shape index (κ2) is 5.78.